The van der Waals surface area contributed by atoms with Crippen LogP contribution in [0.5, 0.6) is 0 Å². The minimum absolute atomic E-state index is 0. The van der Waals surface area contributed by atoms with Crippen LogP contribution in [0.15, 0.2) is 42.1 Å². The summed E-state index contributed by atoms with van der Waals surface area (Å²) in [6.07, 6.45) is 11.8. The largest absolute Gasteiger partial charge is 1.00 e. The van der Waals surface area contributed by atoms with Crippen molar-refractivity contribution in [1.82, 2.24) is 0 Å². The normalized spacial score (nSPS) is 17.7. The standard InChI is InChI=1S/C7H9.C5H5.2ClH.Hf/c1-6-4-3-5-7(6)2;1-2-4-5-3-1;;;/h4H,5H2,1-2H3;1-3H,4H2;2*1H;/q;;;;+2/p-2. The van der Waals surface area contributed by atoms with Gasteiger partial charge in [-0.15, -0.1) is 0 Å². The van der Waals surface area contributed by atoms with E-state index in [2.05, 4.69) is 38.2 Å². The molecule has 15 heavy (non-hydrogen) atoms. The first-order valence-electron chi connectivity index (χ1n) is 4.75. The molecule has 2 aliphatic rings. The van der Waals surface area contributed by atoms with Crippen molar-refractivity contribution in [3.63, 3.8) is 0 Å². The third-order valence-electron chi connectivity index (χ3n) is 2.61. The molecule has 0 fully saturated rings. The maximum absolute atomic E-state index is 2.44. The summed E-state index contributed by atoms with van der Waals surface area (Å²) in [6.45, 7) is 4.51. The monoisotopic (exact) mass is 408 g/mol. The molecule has 0 bridgehead atoms. The Morgan fingerprint density at radius 3 is 2.33 bits per heavy atom. The fourth-order valence-electron chi connectivity index (χ4n) is 1.69. The summed E-state index contributed by atoms with van der Waals surface area (Å²) < 4.78 is 3.54. The van der Waals surface area contributed by atoms with Crippen molar-refractivity contribution in [3.8, 4) is 0 Å². The summed E-state index contributed by atoms with van der Waals surface area (Å²) in [4.78, 5) is 0. The van der Waals surface area contributed by atoms with E-state index < -0.39 is 22.9 Å². The number of rotatable bonds is 2. The smallest absolute Gasteiger partial charge is 1.00 e. The van der Waals surface area contributed by atoms with Crippen molar-refractivity contribution >= 4 is 0 Å². The Balaban J connectivity index is 0.000000980. The molecule has 3 heteroatoms. The van der Waals surface area contributed by atoms with E-state index in [9.17, 15) is 0 Å². The molecule has 0 aromatic rings. The summed E-state index contributed by atoms with van der Waals surface area (Å²) in [7, 11) is 0. The average molecular weight is 408 g/mol. The summed E-state index contributed by atoms with van der Waals surface area (Å²) in [5.41, 5.74) is 3.11. The molecule has 0 N–H and O–H groups in total. The Kier molecular flexibility index (Phi) is 7.07. The molecule has 0 aromatic heterocycles. The van der Waals surface area contributed by atoms with Gasteiger partial charge in [-0.1, -0.05) is 0 Å². The zero-order chi connectivity index (χ0) is 9.26. The molecule has 0 atom stereocenters. The van der Waals surface area contributed by atoms with Crippen LogP contribution in [0.4, 0.5) is 0 Å². The van der Waals surface area contributed by atoms with Gasteiger partial charge >= 0.3 is 91.7 Å². The van der Waals surface area contributed by atoms with Crippen LogP contribution in [0.1, 0.15) is 26.7 Å². The van der Waals surface area contributed by atoms with Gasteiger partial charge in [0, 0.05) is 0 Å². The Bertz CT molecular complexity index is 349. The van der Waals surface area contributed by atoms with E-state index in [4.69, 9.17) is 0 Å². The number of hydrogen-bond donors (Lipinski definition) is 0. The van der Waals surface area contributed by atoms with Crippen molar-refractivity contribution in [2.45, 2.75) is 26.7 Å². The summed E-state index contributed by atoms with van der Waals surface area (Å²) in [5, 5.41) is 0. The van der Waals surface area contributed by atoms with Crippen LogP contribution in [0.25, 0.3) is 0 Å². The van der Waals surface area contributed by atoms with Gasteiger partial charge < -0.3 is 24.8 Å². The number of hydrogen-bond acceptors (Lipinski definition) is 0. The molecular weight excluding hydrogens is 394 g/mol. The third-order valence-corrected chi connectivity index (χ3v) is 7.41. The van der Waals surface area contributed by atoms with Crippen LogP contribution >= 0.6 is 0 Å². The molecule has 0 aliphatic heterocycles. The molecule has 0 radical (unpaired) electrons. The van der Waals surface area contributed by atoms with Crippen LogP contribution in [0.3, 0.4) is 0 Å². The SMILES string of the molecule is CC1=C(C)C[C]([Hf+2][C]2=CC=CC2)=C1.[Cl-].[Cl-]. The molecule has 0 amide bonds. The fraction of sp³-hybridized carbons (Fsp3) is 0.333. The van der Waals surface area contributed by atoms with Crippen molar-refractivity contribution in [2.75, 3.05) is 0 Å². The van der Waals surface area contributed by atoms with Crippen LogP contribution in [-0.4, -0.2) is 0 Å². The van der Waals surface area contributed by atoms with Crippen molar-refractivity contribution in [1.29, 1.82) is 0 Å². The Morgan fingerprint density at radius 2 is 1.87 bits per heavy atom. The fourth-order valence-corrected chi connectivity index (χ4v) is 6.91. The topological polar surface area (TPSA) is 0 Å². The number of allylic oxidation sites excluding steroid dienone is 8. The Hall–Kier alpha value is 0.410. The van der Waals surface area contributed by atoms with Gasteiger partial charge in [0.05, 0.1) is 0 Å². The van der Waals surface area contributed by atoms with E-state index >= 15 is 0 Å². The molecule has 2 rings (SSSR count). The maximum Gasteiger partial charge on any atom is -1.00 e. The molecule has 2 aliphatic carbocycles. The van der Waals surface area contributed by atoms with E-state index in [1.165, 1.54) is 18.4 Å². The van der Waals surface area contributed by atoms with E-state index in [-0.39, 0.29) is 24.8 Å². The van der Waals surface area contributed by atoms with E-state index in [0.717, 1.165) is 0 Å². The molecule has 0 spiro atoms. The van der Waals surface area contributed by atoms with Crippen molar-refractivity contribution in [2.24, 2.45) is 0 Å². The Labute approximate surface area is 116 Å². The summed E-state index contributed by atoms with van der Waals surface area (Å²) >= 11 is -0.587. The molecule has 0 unspecified atom stereocenters. The molecule has 0 nitrogen and oxygen atoms in total. The van der Waals surface area contributed by atoms with Crippen LogP contribution in [-0.2, 0) is 22.9 Å². The van der Waals surface area contributed by atoms with Crippen LogP contribution in [0, 0.1) is 0 Å². The first kappa shape index (κ1) is 15.4. The second-order valence-corrected chi connectivity index (χ2v) is 9.27. The molecule has 80 valence electrons. The molecule has 0 heterocycles. The second-order valence-electron chi connectivity index (χ2n) is 3.76. The zero-order valence-corrected chi connectivity index (χ0v) is 14.1. The molecule has 0 aromatic carbocycles. The van der Waals surface area contributed by atoms with Gasteiger partial charge in [0.15, 0.2) is 0 Å². The first-order chi connectivity index (χ1) is 6.25. The predicted octanol–water partition coefficient (Wildman–Crippen LogP) is -2.46. The molecule has 0 saturated carbocycles. The zero-order valence-electron chi connectivity index (χ0n) is 8.98. The van der Waals surface area contributed by atoms with Crippen LogP contribution < -0.4 is 24.8 Å². The molecule has 0 saturated heterocycles. The van der Waals surface area contributed by atoms with Crippen LogP contribution in [0.2, 0.25) is 0 Å². The van der Waals surface area contributed by atoms with Gasteiger partial charge in [-0.2, -0.15) is 0 Å². The van der Waals surface area contributed by atoms with E-state index in [1.807, 2.05) is 0 Å². The van der Waals surface area contributed by atoms with Gasteiger partial charge in [-0.3, -0.25) is 0 Å². The second kappa shape index (κ2) is 6.88. The Morgan fingerprint density at radius 1 is 1.13 bits per heavy atom. The summed E-state index contributed by atoms with van der Waals surface area (Å²) in [6, 6.07) is 0. The van der Waals surface area contributed by atoms with Crippen molar-refractivity contribution < 1.29 is 47.7 Å². The summed E-state index contributed by atoms with van der Waals surface area (Å²) in [5.74, 6) is 0. The average Bonchev–Trinajstić information content (AvgIpc) is 2.64. The number of halogens is 2. The first-order valence-corrected chi connectivity index (χ1v) is 8.34. The quantitative estimate of drug-likeness (QED) is 0.446. The van der Waals surface area contributed by atoms with E-state index in [1.54, 1.807) is 12.2 Å². The van der Waals surface area contributed by atoms with E-state index in [0.29, 0.717) is 0 Å². The predicted molar refractivity (Wildman–Crippen MR) is 52.9 cm³/mol. The molecular formula is C12H14Cl2Hf. The van der Waals surface area contributed by atoms with Gasteiger partial charge in [-0.25, -0.2) is 0 Å². The minimum Gasteiger partial charge on any atom is -1.00 e. The van der Waals surface area contributed by atoms with Crippen molar-refractivity contribution in [3.05, 3.63) is 42.1 Å². The minimum atomic E-state index is -0.587. The maximum atomic E-state index is 2.44. The van der Waals surface area contributed by atoms with Gasteiger partial charge in [0.1, 0.15) is 0 Å². The van der Waals surface area contributed by atoms with Gasteiger partial charge in [0.2, 0.25) is 0 Å². The van der Waals surface area contributed by atoms with Gasteiger partial charge in [-0.05, 0) is 0 Å². The van der Waals surface area contributed by atoms with Gasteiger partial charge in [0.25, 0.3) is 0 Å². The third kappa shape index (κ3) is 4.05.